The number of amides is 2. The smallest absolute Gasteiger partial charge is 0.253 e. The maximum Gasteiger partial charge on any atom is 0.253 e. The number of rotatable bonds is 8. The molecule has 7 heteroatoms. The molecule has 0 heterocycles. The van der Waals surface area contributed by atoms with Crippen molar-refractivity contribution in [3.05, 3.63) is 64.4 Å². The first kappa shape index (κ1) is 21.9. The van der Waals surface area contributed by atoms with Crippen LogP contribution in [0.15, 0.2) is 42.5 Å². The van der Waals surface area contributed by atoms with Crippen molar-refractivity contribution in [2.24, 2.45) is 0 Å². The van der Waals surface area contributed by atoms with Gasteiger partial charge in [-0.05, 0) is 57.3 Å². The molecule has 0 aliphatic carbocycles. The Labute approximate surface area is 170 Å². The Morgan fingerprint density at radius 2 is 1.71 bits per heavy atom. The van der Waals surface area contributed by atoms with Gasteiger partial charge in [-0.15, -0.1) is 0 Å². The molecule has 0 radical (unpaired) electrons. The Morgan fingerprint density at radius 3 is 2.29 bits per heavy atom. The standard InChI is InChI=1S/C21H25ClFN3O2/c1-4-26(5-2)21(28)15-9-11-16(12-10-15)24-20(27)14-25(3)13-17-18(22)7-6-8-19(17)23/h6-12H,4-5,13-14H2,1-3H3,(H,24,27). The third-order valence-electron chi connectivity index (χ3n) is 4.37. The molecule has 1 N–H and O–H groups in total. The summed E-state index contributed by atoms with van der Waals surface area (Å²) in [6.45, 7) is 5.45. The number of nitrogens with one attached hydrogen (secondary N) is 1. The van der Waals surface area contributed by atoms with Crippen LogP contribution >= 0.6 is 11.6 Å². The highest BCUT2D eigenvalue weighted by Gasteiger charge is 2.14. The number of benzene rings is 2. The van der Waals surface area contributed by atoms with Gasteiger partial charge in [0, 0.05) is 41.5 Å². The van der Waals surface area contributed by atoms with Crippen molar-refractivity contribution in [1.82, 2.24) is 9.80 Å². The van der Waals surface area contributed by atoms with Crippen molar-refractivity contribution in [3.63, 3.8) is 0 Å². The number of likely N-dealkylation sites (N-methyl/N-ethyl adjacent to an activating group) is 1. The summed E-state index contributed by atoms with van der Waals surface area (Å²) in [5, 5.41) is 3.11. The summed E-state index contributed by atoms with van der Waals surface area (Å²) >= 11 is 6.03. The summed E-state index contributed by atoms with van der Waals surface area (Å²) < 4.78 is 13.9. The van der Waals surface area contributed by atoms with Crippen LogP contribution in [0.3, 0.4) is 0 Å². The number of carbonyl (C=O) groups is 2. The van der Waals surface area contributed by atoms with E-state index in [1.165, 1.54) is 6.07 Å². The number of halogens is 2. The Bertz CT molecular complexity index is 803. The van der Waals surface area contributed by atoms with E-state index in [4.69, 9.17) is 11.6 Å². The van der Waals surface area contributed by atoms with E-state index in [9.17, 15) is 14.0 Å². The molecule has 2 amide bonds. The van der Waals surface area contributed by atoms with Crippen LogP contribution in [0.25, 0.3) is 0 Å². The Kier molecular flexibility index (Phi) is 7.96. The number of nitrogens with zero attached hydrogens (tertiary/aromatic N) is 2. The van der Waals surface area contributed by atoms with Crippen LogP contribution in [0.4, 0.5) is 10.1 Å². The van der Waals surface area contributed by atoms with Crippen molar-refractivity contribution in [1.29, 1.82) is 0 Å². The van der Waals surface area contributed by atoms with Gasteiger partial charge >= 0.3 is 0 Å². The van der Waals surface area contributed by atoms with Gasteiger partial charge < -0.3 is 10.2 Å². The van der Waals surface area contributed by atoms with Crippen LogP contribution in [-0.2, 0) is 11.3 Å². The maximum absolute atomic E-state index is 13.9. The fourth-order valence-electron chi connectivity index (χ4n) is 2.84. The van der Waals surface area contributed by atoms with Gasteiger partial charge in [-0.2, -0.15) is 0 Å². The number of carbonyl (C=O) groups excluding carboxylic acids is 2. The maximum atomic E-state index is 13.9. The summed E-state index contributed by atoms with van der Waals surface area (Å²) in [7, 11) is 1.72. The summed E-state index contributed by atoms with van der Waals surface area (Å²) in [6.07, 6.45) is 0. The van der Waals surface area contributed by atoms with Crippen molar-refractivity contribution in [2.45, 2.75) is 20.4 Å². The molecule has 0 aliphatic heterocycles. The van der Waals surface area contributed by atoms with Crippen molar-refractivity contribution < 1.29 is 14.0 Å². The van der Waals surface area contributed by atoms with Gasteiger partial charge in [0.2, 0.25) is 5.91 Å². The van der Waals surface area contributed by atoms with Crippen LogP contribution in [0.5, 0.6) is 0 Å². The van der Waals surface area contributed by atoms with E-state index >= 15 is 0 Å². The minimum atomic E-state index is -0.395. The molecule has 0 unspecified atom stereocenters. The van der Waals surface area contributed by atoms with E-state index in [1.807, 2.05) is 13.8 Å². The summed E-state index contributed by atoms with van der Waals surface area (Å²) in [5.41, 5.74) is 1.53. The molecular formula is C21H25ClFN3O2. The zero-order valence-electron chi connectivity index (χ0n) is 16.3. The second kappa shape index (κ2) is 10.2. The Hall–Kier alpha value is -2.44. The third kappa shape index (κ3) is 5.78. The highest BCUT2D eigenvalue weighted by Crippen LogP contribution is 2.20. The van der Waals surface area contributed by atoms with Gasteiger partial charge in [0.1, 0.15) is 5.82 Å². The predicted octanol–water partition coefficient (Wildman–Crippen LogP) is 4.03. The van der Waals surface area contributed by atoms with Crippen LogP contribution in [0.2, 0.25) is 5.02 Å². The van der Waals surface area contributed by atoms with Gasteiger partial charge in [0.25, 0.3) is 5.91 Å². The molecule has 150 valence electrons. The third-order valence-corrected chi connectivity index (χ3v) is 4.72. The lowest BCUT2D eigenvalue weighted by molar-refractivity contribution is -0.117. The first-order chi connectivity index (χ1) is 13.3. The summed E-state index contributed by atoms with van der Waals surface area (Å²) in [6, 6.07) is 11.3. The lowest BCUT2D eigenvalue weighted by atomic mass is 10.1. The second-order valence-corrected chi connectivity index (χ2v) is 6.88. The molecule has 0 atom stereocenters. The molecule has 2 rings (SSSR count). The lowest BCUT2D eigenvalue weighted by Crippen LogP contribution is -2.31. The average Bonchev–Trinajstić information content (AvgIpc) is 2.66. The Morgan fingerprint density at radius 1 is 1.07 bits per heavy atom. The van der Waals surface area contributed by atoms with Crippen molar-refractivity contribution in [2.75, 3.05) is 32.0 Å². The number of hydrogen-bond acceptors (Lipinski definition) is 3. The predicted molar refractivity (Wildman–Crippen MR) is 110 cm³/mol. The molecule has 0 spiro atoms. The highest BCUT2D eigenvalue weighted by molar-refractivity contribution is 6.31. The summed E-state index contributed by atoms with van der Waals surface area (Å²) in [4.78, 5) is 28.0. The van der Waals surface area contributed by atoms with Crippen molar-refractivity contribution in [3.8, 4) is 0 Å². The highest BCUT2D eigenvalue weighted by atomic mass is 35.5. The quantitative estimate of drug-likeness (QED) is 0.721. The molecule has 0 bridgehead atoms. The topological polar surface area (TPSA) is 52.7 Å². The molecule has 28 heavy (non-hydrogen) atoms. The molecule has 0 fully saturated rings. The minimum Gasteiger partial charge on any atom is -0.339 e. The Balaban J connectivity index is 1.93. The van der Waals surface area contributed by atoms with Gasteiger partial charge in [-0.1, -0.05) is 17.7 Å². The van der Waals surface area contributed by atoms with Crippen LogP contribution in [0.1, 0.15) is 29.8 Å². The lowest BCUT2D eigenvalue weighted by Gasteiger charge is -2.19. The molecule has 2 aromatic rings. The average molecular weight is 406 g/mol. The largest absolute Gasteiger partial charge is 0.339 e. The fourth-order valence-corrected chi connectivity index (χ4v) is 3.07. The summed E-state index contributed by atoms with van der Waals surface area (Å²) in [5.74, 6) is -0.671. The first-order valence-corrected chi connectivity index (χ1v) is 9.54. The van der Waals surface area contributed by atoms with Crippen molar-refractivity contribution >= 4 is 29.1 Å². The number of hydrogen-bond donors (Lipinski definition) is 1. The molecule has 0 saturated heterocycles. The van der Waals surface area contributed by atoms with Gasteiger partial charge in [0.05, 0.1) is 6.54 Å². The zero-order valence-corrected chi connectivity index (χ0v) is 17.1. The normalized spacial score (nSPS) is 10.8. The molecule has 5 nitrogen and oxygen atoms in total. The fraction of sp³-hybridized carbons (Fsp3) is 0.333. The van der Waals surface area contributed by atoms with E-state index in [0.29, 0.717) is 34.9 Å². The van der Waals surface area contributed by atoms with Crippen LogP contribution in [-0.4, -0.2) is 48.3 Å². The van der Waals surface area contributed by atoms with Gasteiger partial charge in [0.15, 0.2) is 0 Å². The second-order valence-electron chi connectivity index (χ2n) is 6.48. The van der Waals surface area contributed by atoms with Gasteiger partial charge in [-0.3, -0.25) is 14.5 Å². The SMILES string of the molecule is CCN(CC)C(=O)c1ccc(NC(=O)CN(C)Cc2c(F)cccc2Cl)cc1. The van der Waals surface area contributed by atoms with E-state index in [2.05, 4.69) is 5.32 Å². The first-order valence-electron chi connectivity index (χ1n) is 9.16. The molecule has 2 aromatic carbocycles. The van der Waals surface area contributed by atoms with E-state index < -0.39 is 5.82 Å². The number of anilines is 1. The van der Waals surface area contributed by atoms with Gasteiger partial charge in [-0.25, -0.2) is 4.39 Å². The van der Waals surface area contributed by atoms with E-state index in [1.54, 1.807) is 53.2 Å². The molecule has 0 aromatic heterocycles. The molecule has 0 aliphatic rings. The minimum absolute atomic E-state index is 0.0376. The van der Waals surface area contributed by atoms with E-state index in [0.717, 1.165) is 0 Å². The van der Waals surface area contributed by atoms with E-state index in [-0.39, 0.29) is 24.9 Å². The zero-order chi connectivity index (χ0) is 20.7. The monoisotopic (exact) mass is 405 g/mol. The van der Waals surface area contributed by atoms with Crippen LogP contribution in [0, 0.1) is 5.82 Å². The van der Waals surface area contributed by atoms with Crippen LogP contribution < -0.4 is 5.32 Å². The molecular weight excluding hydrogens is 381 g/mol. The molecule has 0 saturated carbocycles.